The van der Waals surface area contributed by atoms with Crippen LogP contribution in [0.25, 0.3) is 6.08 Å². The second-order valence-corrected chi connectivity index (χ2v) is 3.94. The lowest BCUT2D eigenvalue weighted by Crippen LogP contribution is -1.97. The number of aromatic amines is 1. The quantitative estimate of drug-likeness (QED) is 0.594. The predicted octanol–water partition coefficient (Wildman–Crippen LogP) is 3.18. The topological polar surface area (TPSA) is 32.9 Å². The zero-order valence-electron chi connectivity index (χ0n) is 9.77. The zero-order chi connectivity index (χ0) is 11.6. The first-order valence-electron chi connectivity index (χ1n) is 4.96. The van der Waals surface area contributed by atoms with E-state index >= 15 is 0 Å². The number of hydrogen-bond donors (Lipinski definition) is 1. The van der Waals surface area contributed by atoms with Gasteiger partial charge in [0.1, 0.15) is 0 Å². The molecule has 15 heavy (non-hydrogen) atoms. The minimum absolute atomic E-state index is 0.0501. The van der Waals surface area contributed by atoms with Crippen LogP contribution in [-0.4, -0.2) is 10.8 Å². The summed E-state index contributed by atoms with van der Waals surface area (Å²) in [6.07, 6.45) is 1.87. The van der Waals surface area contributed by atoms with Crippen LogP contribution < -0.4 is 0 Å². The second kappa shape index (κ2) is 4.30. The van der Waals surface area contributed by atoms with Crippen LogP contribution in [0.5, 0.6) is 0 Å². The van der Waals surface area contributed by atoms with Gasteiger partial charge in [0.25, 0.3) is 0 Å². The minimum Gasteiger partial charge on any atom is -0.359 e. The minimum atomic E-state index is 0.0501. The van der Waals surface area contributed by atoms with Gasteiger partial charge < -0.3 is 4.98 Å². The van der Waals surface area contributed by atoms with Crippen LogP contribution in [0.4, 0.5) is 0 Å². The molecule has 2 heteroatoms. The monoisotopic (exact) mass is 203 g/mol. The van der Waals surface area contributed by atoms with E-state index in [1.54, 1.807) is 6.92 Å². The molecule has 0 aliphatic carbocycles. The number of aromatic nitrogens is 1. The van der Waals surface area contributed by atoms with Gasteiger partial charge in [-0.25, -0.2) is 0 Å². The molecule has 1 rings (SSSR count). The van der Waals surface area contributed by atoms with Gasteiger partial charge in [-0.3, -0.25) is 4.79 Å². The van der Waals surface area contributed by atoms with Gasteiger partial charge in [0.15, 0.2) is 5.78 Å². The van der Waals surface area contributed by atoms with E-state index in [2.05, 4.69) is 17.6 Å². The van der Waals surface area contributed by atoms with Gasteiger partial charge in [0, 0.05) is 17.0 Å². The number of Topliss-reactive ketones (excluding diaryl/α,β-unsaturated/α-hetero) is 1. The van der Waals surface area contributed by atoms with Gasteiger partial charge in [-0.05, 0) is 51.0 Å². The maximum Gasteiger partial charge on any atom is 0.160 e. The normalized spacial score (nSPS) is 11.6. The fraction of sp³-hybridized carbons (Fsp3) is 0.308. The Hall–Kier alpha value is -1.57. The molecule has 1 N–H and O–H groups in total. The number of allylic oxidation sites excluding steroid dienone is 2. The standard InChI is InChI=1S/C13H17NO/c1-8(2)12(11(5)15)7-13-9(3)6-10(4)14-13/h6-7,14H,1H2,2-5H3. The Kier molecular flexibility index (Phi) is 3.30. The molecule has 0 amide bonds. The van der Waals surface area contributed by atoms with Crippen LogP contribution in [0, 0.1) is 13.8 Å². The second-order valence-electron chi connectivity index (χ2n) is 3.94. The molecule has 1 aromatic heterocycles. The Morgan fingerprint density at radius 2 is 2.00 bits per heavy atom. The summed E-state index contributed by atoms with van der Waals surface area (Å²) < 4.78 is 0. The summed E-state index contributed by atoms with van der Waals surface area (Å²) in [6.45, 7) is 11.2. The summed E-state index contributed by atoms with van der Waals surface area (Å²) in [5.41, 5.74) is 4.71. The summed E-state index contributed by atoms with van der Waals surface area (Å²) in [7, 11) is 0. The SMILES string of the molecule is C=C(C)C(=Cc1[nH]c(C)cc1C)C(C)=O. The molecule has 0 saturated heterocycles. The number of hydrogen-bond acceptors (Lipinski definition) is 1. The average molecular weight is 203 g/mol. The fourth-order valence-electron chi connectivity index (χ4n) is 1.57. The molecule has 0 atom stereocenters. The Morgan fingerprint density at radius 1 is 1.40 bits per heavy atom. The molecule has 1 heterocycles. The number of carbonyl (C=O) groups excluding carboxylic acids is 1. The first kappa shape index (κ1) is 11.5. The molecule has 0 spiro atoms. The number of aryl methyl sites for hydroxylation is 2. The van der Waals surface area contributed by atoms with E-state index in [1.807, 2.05) is 26.8 Å². The highest BCUT2D eigenvalue weighted by Crippen LogP contribution is 2.17. The zero-order valence-corrected chi connectivity index (χ0v) is 9.77. The smallest absolute Gasteiger partial charge is 0.160 e. The lowest BCUT2D eigenvalue weighted by Gasteiger charge is -2.02. The number of carbonyl (C=O) groups is 1. The fourth-order valence-corrected chi connectivity index (χ4v) is 1.57. The van der Waals surface area contributed by atoms with E-state index in [4.69, 9.17) is 0 Å². The molecule has 1 aromatic rings. The Bertz CT molecular complexity index is 419. The molecule has 0 fully saturated rings. The van der Waals surface area contributed by atoms with Gasteiger partial charge >= 0.3 is 0 Å². The van der Waals surface area contributed by atoms with Crippen LogP contribution in [0.3, 0.4) is 0 Å². The lowest BCUT2D eigenvalue weighted by atomic mass is 10.0. The number of rotatable bonds is 3. The summed E-state index contributed by atoms with van der Waals surface area (Å²) in [4.78, 5) is 14.6. The van der Waals surface area contributed by atoms with Crippen LogP contribution in [0.1, 0.15) is 30.8 Å². The van der Waals surface area contributed by atoms with E-state index in [0.29, 0.717) is 5.57 Å². The number of nitrogens with one attached hydrogen (secondary N) is 1. The van der Waals surface area contributed by atoms with Crippen molar-refractivity contribution in [3.05, 3.63) is 40.7 Å². The van der Waals surface area contributed by atoms with Crippen molar-refractivity contribution in [1.29, 1.82) is 0 Å². The van der Waals surface area contributed by atoms with Crippen molar-refractivity contribution >= 4 is 11.9 Å². The largest absolute Gasteiger partial charge is 0.359 e. The molecular formula is C13H17NO. The van der Waals surface area contributed by atoms with Gasteiger partial charge in [0.2, 0.25) is 0 Å². The first-order valence-corrected chi connectivity index (χ1v) is 4.96. The third kappa shape index (κ3) is 2.69. The molecule has 0 bridgehead atoms. The van der Waals surface area contributed by atoms with Gasteiger partial charge in [0.05, 0.1) is 0 Å². The highest BCUT2D eigenvalue weighted by atomic mass is 16.1. The molecular weight excluding hydrogens is 186 g/mol. The Balaban J connectivity index is 3.18. The summed E-state index contributed by atoms with van der Waals surface area (Å²) in [6, 6.07) is 2.06. The first-order chi connectivity index (χ1) is 6.91. The number of H-pyrrole nitrogens is 1. The van der Waals surface area contributed by atoms with E-state index in [9.17, 15) is 4.79 Å². The highest BCUT2D eigenvalue weighted by molar-refractivity contribution is 6.01. The third-order valence-electron chi connectivity index (χ3n) is 2.32. The van der Waals surface area contributed by atoms with Crippen molar-refractivity contribution in [3.63, 3.8) is 0 Å². The molecule has 2 nitrogen and oxygen atoms in total. The van der Waals surface area contributed by atoms with Crippen LogP contribution in [0.15, 0.2) is 23.8 Å². The van der Waals surface area contributed by atoms with E-state index in [-0.39, 0.29) is 5.78 Å². The maximum atomic E-state index is 11.4. The van der Waals surface area contributed by atoms with E-state index < -0.39 is 0 Å². The summed E-state index contributed by atoms with van der Waals surface area (Å²) >= 11 is 0. The maximum absolute atomic E-state index is 11.4. The Morgan fingerprint density at radius 3 is 2.33 bits per heavy atom. The summed E-state index contributed by atoms with van der Waals surface area (Å²) in [5, 5.41) is 0. The Labute approximate surface area is 90.7 Å². The molecule has 0 saturated carbocycles. The van der Waals surface area contributed by atoms with Crippen molar-refractivity contribution in [3.8, 4) is 0 Å². The van der Waals surface area contributed by atoms with Gasteiger partial charge in [-0.15, -0.1) is 0 Å². The molecule has 0 unspecified atom stereocenters. The van der Waals surface area contributed by atoms with Gasteiger partial charge in [-0.1, -0.05) is 6.58 Å². The molecule has 0 aliphatic rings. The third-order valence-corrected chi connectivity index (χ3v) is 2.32. The lowest BCUT2D eigenvalue weighted by molar-refractivity contribution is -0.113. The van der Waals surface area contributed by atoms with E-state index in [0.717, 1.165) is 22.5 Å². The van der Waals surface area contributed by atoms with Crippen molar-refractivity contribution < 1.29 is 4.79 Å². The van der Waals surface area contributed by atoms with Crippen molar-refractivity contribution in [1.82, 2.24) is 4.98 Å². The van der Waals surface area contributed by atoms with Crippen molar-refractivity contribution in [2.45, 2.75) is 27.7 Å². The summed E-state index contributed by atoms with van der Waals surface area (Å²) in [5.74, 6) is 0.0501. The molecule has 80 valence electrons. The average Bonchev–Trinajstić information content (AvgIpc) is 2.39. The van der Waals surface area contributed by atoms with Gasteiger partial charge in [-0.2, -0.15) is 0 Å². The highest BCUT2D eigenvalue weighted by Gasteiger charge is 2.06. The molecule has 0 aliphatic heterocycles. The van der Waals surface area contributed by atoms with Crippen LogP contribution in [0.2, 0.25) is 0 Å². The van der Waals surface area contributed by atoms with Crippen LogP contribution >= 0.6 is 0 Å². The molecule has 0 aromatic carbocycles. The van der Waals surface area contributed by atoms with E-state index in [1.165, 1.54) is 0 Å². The number of ketones is 1. The van der Waals surface area contributed by atoms with Crippen molar-refractivity contribution in [2.75, 3.05) is 0 Å². The predicted molar refractivity (Wildman–Crippen MR) is 63.7 cm³/mol. The molecule has 0 radical (unpaired) electrons. The van der Waals surface area contributed by atoms with Crippen LogP contribution in [-0.2, 0) is 4.79 Å². The van der Waals surface area contributed by atoms with Crippen molar-refractivity contribution in [2.24, 2.45) is 0 Å².